The number of imide groups is 1. The number of amides is 2. The first-order valence-electron chi connectivity index (χ1n) is 8.48. The SMILES string of the molecule is COC(=O)c1sccc1S(=O)(=O)Nc1cnn(CN2C(=O)c3ccccc3C2=O)c1. The van der Waals surface area contributed by atoms with Gasteiger partial charge in [0.15, 0.2) is 0 Å². The molecular formula is C18H14N4O6S2. The Labute approximate surface area is 174 Å². The van der Waals surface area contributed by atoms with Crippen molar-refractivity contribution in [2.24, 2.45) is 0 Å². The third-order valence-corrected chi connectivity index (χ3v) is 6.79. The van der Waals surface area contributed by atoms with Gasteiger partial charge < -0.3 is 4.74 Å². The largest absolute Gasteiger partial charge is 0.465 e. The van der Waals surface area contributed by atoms with E-state index < -0.39 is 27.8 Å². The van der Waals surface area contributed by atoms with Gasteiger partial charge in [-0.2, -0.15) is 5.10 Å². The molecule has 0 saturated heterocycles. The zero-order valence-corrected chi connectivity index (χ0v) is 17.1. The second kappa shape index (κ2) is 7.39. The molecule has 12 heteroatoms. The van der Waals surface area contributed by atoms with Crippen LogP contribution in [0.1, 0.15) is 30.4 Å². The molecule has 0 bridgehead atoms. The van der Waals surface area contributed by atoms with Gasteiger partial charge in [0.2, 0.25) is 0 Å². The Balaban J connectivity index is 1.52. The van der Waals surface area contributed by atoms with E-state index in [0.717, 1.165) is 23.3 Å². The van der Waals surface area contributed by atoms with Crippen molar-refractivity contribution in [1.29, 1.82) is 0 Å². The number of fused-ring (bicyclic) bond motifs is 1. The number of carbonyl (C=O) groups excluding carboxylic acids is 3. The Morgan fingerprint density at radius 2 is 1.83 bits per heavy atom. The quantitative estimate of drug-likeness (QED) is 0.452. The van der Waals surface area contributed by atoms with E-state index in [1.807, 2.05) is 0 Å². The number of rotatable bonds is 6. The first-order valence-corrected chi connectivity index (χ1v) is 10.8. The molecule has 0 spiro atoms. The molecule has 1 N–H and O–H groups in total. The van der Waals surface area contributed by atoms with Crippen LogP contribution in [-0.2, 0) is 21.4 Å². The maximum absolute atomic E-state index is 12.6. The van der Waals surface area contributed by atoms with Crippen LogP contribution in [-0.4, -0.2) is 48.0 Å². The van der Waals surface area contributed by atoms with Gasteiger partial charge in [0.25, 0.3) is 21.8 Å². The van der Waals surface area contributed by atoms with Gasteiger partial charge in [0, 0.05) is 0 Å². The van der Waals surface area contributed by atoms with Gasteiger partial charge in [-0.3, -0.25) is 23.9 Å². The van der Waals surface area contributed by atoms with Crippen molar-refractivity contribution in [3.8, 4) is 0 Å². The number of esters is 1. The second-order valence-electron chi connectivity index (χ2n) is 6.20. The topological polar surface area (TPSA) is 128 Å². The van der Waals surface area contributed by atoms with Gasteiger partial charge >= 0.3 is 5.97 Å². The molecule has 0 atom stereocenters. The number of nitrogens with zero attached hydrogens (tertiary/aromatic N) is 3. The normalized spacial score (nSPS) is 13.4. The van der Waals surface area contributed by atoms with E-state index in [0.29, 0.717) is 11.1 Å². The molecule has 0 saturated carbocycles. The smallest absolute Gasteiger partial charge is 0.349 e. The van der Waals surface area contributed by atoms with Crippen molar-refractivity contribution >= 4 is 44.8 Å². The Hall–Kier alpha value is -3.51. The molecule has 3 heterocycles. The summed E-state index contributed by atoms with van der Waals surface area (Å²) in [6.07, 6.45) is 2.57. The van der Waals surface area contributed by atoms with Crippen LogP contribution in [0.4, 0.5) is 5.69 Å². The zero-order chi connectivity index (χ0) is 21.5. The number of hydrogen-bond donors (Lipinski definition) is 1. The molecule has 1 aliphatic heterocycles. The van der Waals surface area contributed by atoms with Crippen molar-refractivity contribution in [3.63, 3.8) is 0 Å². The molecule has 2 aromatic heterocycles. The maximum Gasteiger partial charge on any atom is 0.349 e. The number of thiophene rings is 1. The lowest BCUT2D eigenvalue weighted by Gasteiger charge is -2.13. The van der Waals surface area contributed by atoms with E-state index in [2.05, 4.69) is 14.6 Å². The van der Waals surface area contributed by atoms with Crippen LogP contribution < -0.4 is 4.72 Å². The summed E-state index contributed by atoms with van der Waals surface area (Å²) >= 11 is 0.944. The van der Waals surface area contributed by atoms with E-state index in [9.17, 15) is 22.8 Å². The summed E-state index contributed by atoms with van der Waals surface area (Å²) in [6, 6.07) is 7.76. The lowest BCUT2D eigenvalue weighted by Crippen LogP contribution is -2.32. The third kappa shape index (κ3) is 3.35. The molecule has 1 aromatic carbocycles. The number of ether oxygens (including phenoxy) is 1. The van der Waals surface area contributed by atoms with Crippen molar-refractivity contribution in [2.75, 3.05) is 11.8 Å². The summed E-state index contributed by atoms with van der Waals surface area (Å²) in [5, 5.41) is 5.47. The molecule has 0 fully saturated rings. The van der Waals surface area contributed by atoms with Crippen LogP contribution in [0.3, 0.4) is 0 Å². The highest BCUT2D eigenvalue weighted by Gasteiger charge is 2.35. The molecular weight excluding hydrogens is 432 g/mol. The molecule has 30 heavy (non-hydrogen) atoms. The lowest BCUT2D eigenvalue weighted by molar-refractivity contribution is 0.0588. The number of methoxy groups -OCH3 is 1. The van der Waals surface area contributed by atoms with Crippen LogP contribution in [0.2, 0.25) is 0 Å². The van der Waals surface area contributed by atoms with Crippen molar-refractivity contribution < 1.29 is 27.5 Å². The standard InChI is InChI=1S/C18H14N4O6S2/c1-28-18(25)15-14(6-7-29-15)30(26,27)20-11-8-19-21(9-11)10-22-16(23)12-4-2-3-5-13(12)17(22)24/h2-9,20H,10H2,1H3. The molecule has 0 aliphatic carbocycles. The number of aromatic nitrogens is 2. The highest BCUT2D eigenvalue weighted by molar-refractivity contribution is 7.93. The summed E-state index contributed by atoms with van der Waals surface area (Å²) in [5.74, 6) is -1.66. The maximum atomic E-state index is 12.6. The van der Waals surface area contributed by atoms with Gasteiger partial charge in [-0.05, 0) is 23.6 Å². The Kier molecular flexibility index (Phi) is 4.87. The van der Waals surface area contributed by atoms with Crippen LogP contribution in [0.5, 0.6) is 0 Å². The molecule has 2 amide bonds. The van der Waals surface area contributed by atoms with E-state index in [4.69, 9.17) is 0 Å². The minimum atomic E-state index is -4.08. The summed E-state index contributed by atoms with van der Waals surface area (Å²) < 4.78 is 33.5. The van der Waals surface area contributed by atoms with Gasteiger partial charge in [-0.1, -0.05) is 12.1 Å². The molecule has 0 radical (unpaired) electrons. The monoisotopic (exact) mass is 446 g/mol. The van der Waals surface area contributed by atoms with Crippen molar-refractivity contribution in [1.82, 2.24) is 14.7 Å². The summed E-state index contributed by atoms with van der Waals surface area (Å²) in [5.41, 5.74) is 0.723. The van der Waals surface area contributed by atoms with E-state index >= 15 is 0 Å². The second-order valence-corrected chi connectivity index (χ2v) is 8.77. The first kappa shape index (κ1) is 19.8. The predicted molar refractivity (Wildman–Crippen MR) is 106 cm³/mol. The van der Waals surface area contributed by atoms with Gasteiger partial charge in [0.1, 0.15) is 16.4 Å². The van der Waals surface area contributed by atoms with Gasteiger partial charge in [-0.25, -0.2) is 13.2 Å². The first-order chi connectivity index (χ1) is 14.3. The summed E-state index contributed by atoms with van der Waals surface area (Å²) in [4.78, 5) is 37.4. The van der Waals surface area contributed by atoms with Crippen LogP contribution in [0.15, 0.2) is 53.0 Å². The number of benzene rings is 1. The average Bonchev–Trinajstić information content (AvgIpc) is 3.44. The van der Waals surface area contributed by atoms with E-state index in [-0.39, 0.29) is 22.1 Å². The van der Waals surface area contributed by atoms with E-state index in [1.54, 1.807) is 24.3 Å². The summed E-state index contributed by atoms with van der Waals surface area (Å²) in [7, 11) is -2.91. The molecule has 10 nitrogen and oxygen atoms in total. The number of carbonyl (C=O) groups is 3. The molecule has 3 aromatic rings. The fourth-order valence-corrected chi connectivity index (χ4v) is 5.33. The fourth-order valence-electron chi connectivity index (χ4n) is 2.97. The highest BCUT2D eigenvalue weighted by Crippen LogP contribution is 2.26. The number of hydrogen-bond acceptors (Lipinski definition) is 8. The van der Waals surface area contributed by atoms with Crippen molar-refractivity contribution in [2.45, 2.75) is 11.6 Å². The molecule has 0 unspecified atom stereocenters. The predicted octanol–water partition coefficient (Wildman–Crippen LogP) is 1.79. The lowest BCUT2D eigenvalue weighted by atomic mass is 10.1. The zero-order valence-electron chi connectivity index (χ0n) is 15.4. The minimum absolute atomic E-state index is 0.0524. The molecule has 154 valence electrons. The third-order valence-electron chi connectivity index (χ3n) is 4.34. The Bertz CT molecular complexity index is 1240. The molecule has 1 aliphatic rings. The average molecular weight is 446 g/mol. The highest BCUT2D eigenvalue weighted by atomic mass is 32.2. The van der Waals surface area contributed by atoms with E-state index in [1.165, 1.54) is 28.5 Å². The Morgan fingerprint density at radius 1 is 1.17 bits per heavy atom. The number of sulfonamides is 1. The number of anilines is 1. The molecule has 4 rings (SSSR count). The Morgan fingerprint density at radius 3 is 2.47 bits per heavy atom. The minimum Gasteiger partial charge on any atom is -0.465 e. The van der Waals surface area contributed by atoms with Crippen LogP contribution in [0, 0.1) is 0 Å². The van der Waals surface area contributed by atoms with Gasteiger partial charge in [0.05, 0.1) is 36.3 Å². The van der Waals surface area contributed by atoms with Crippen LogP contribution >= 0.6 is 11.3 Å². The summed E-state index contributed by atoms with van der Waals surface area (Å²) in [6.45, 7) is -0.181. The fraction of sp³-hybridized carbons (Fsp3) is 0.111. The van der Waals surface area contributed by atoms with Crippen LogP contribution in [0.25, 0.3) is 0 Å². The van der Waals surface area contributed by atoms with Crippen molar-refractivity contribution in [3.05, 3.63) is 64.1 Å². The van der Waals surface area contributed by atoms with Gasteiger partial charge in [-0.15, -0.1) is 11.3 Å². The number of nitrogens with one attached hydrogen (secondary N) is 1.